The maximum absolute atomic E-state index is 12.9. The van der Waals surface area contributed by atoms with Crippen LogP contribution < -0.4 is 5.32 Å². The molecule has 29 heavy (non-hydrogen) atoms. The topological polar surface area (TPSA) is 84.3 Å². The number of hydrogen-bond donors (Lipinski definition) is 1. The summed E-state index contributed by atoms with van der Waals surface area (Å²) in [5.41, 5.74) is 1.60. The molecule has 1 fully saturated rings. The van der Waals surface area contributed by atoms with Crippen LogP contribution in [-0.2, 0) is 27.8 Å². The zero-order valence-corrected chi connectivity index (χ0v) is 18.5. The molecular weight excluding hydrogens is 388 g/mol. The zero-order valence-electron chi connectivity index (χ0n) is 17.6. The van der Waals surface area contributed by atoms with Crippen molar-refractivity contribution in [3.8, 4) is 0 Å². The maximum atomic E-state index is 12.9. The van der Waals surface area contributed by atoms with Gasteiger partial charge < -0.3 is 9.88 Å². The van der Waals surface area contributed by atoms with Crippen LogP contribution in [0.4, 0.5) is 0 Å². The first-order valence-electron chi connectivity index (χ1n) is 10.6. The number of carbonyl (C=O) groups is 1. The maximum Gasteiger partial charge on any atom is 0.243 e. The summed E-state index contributed by atoms with van der Waals surface area (Å²) in [6.45, 7) is 8.85. The lowest BCUT2D eigenvalue weighted by Gasteiger charge is -2.15. The van der Waals surface area contributed by atoms with E-state index in [0.717, 1.165) is 37.1 Å². The minimum Gasteiger partial charge on any atom is -0.356 e. The van der Waals surface area contributed by atoms with Crippen molar-refractivity contribution in [3.05, 3.63) is 24.0 Å². The van der Waals surface area contributed by atoms with E-state index in [-0.39, 0.29) is 5.91 Å². The van der Waals surface area contributed by atoms with E-state index in [1.54, 1.807) is 16.4 Å². The molecule has 1 aliphatic heterocycles. The van der Waals surface area contributed by atoms with E-state index in [0.29, 0.717) is 48.8 Å². The summed E-state index contributed by atoms with van der Waals surface area (Å²) in [6.07, 6.45) is 3.67. The third-order valence-corrected chi connectivity index (χ3v) is 7.13. The monoisotopic (exact) mass is 420 g/mol. The van der Waals surface area contributed by atoms with Crippen LogP contribution in [0.15, 0.2) is 23.1 Å². The fraction of sp³-hybridized carbons (Fsp3) is 0.619. The summed E-state index contributed by atoms with van der Waals surface area (Å²) in [5, 5.41) is 2.94. The molecule has 0 unspecified atom stereocenters. The normalized spacial score (nSPS) is 15.4. The van der Waals surface area contributed by atoms with Crippen LogP contribution in [0, 0.1) is 5.92 Å². The van der Waals surface area contributed by atoms with Crippen molar-refractivity contribution in [1.29, 1.82) is 0 Å². The van der Waals surface area contributed by atoms with E-state index in [4.69, 9.17) is 4.98 Å². The van der Waals surface area contributed by atoms with Crippen LogP contribution in [0.25, 0.3) is 11.0 Å². The Morgan fingerprint density at radius 1 is 1.24 bits per heavy atom. The van der Waals surface area contributed by atoms with Crippen LogP contribution in [0.5, 0.6) is 0 Å². The molecule has 1 amide bonds. The second-order valence-corrected chi connectivity index (χ2v) is 10.1. The van der Waals surface area contributed by atoms with Crippen LogP contribution in [0.3, 0.4) is 0 Å². The Hall–Kier alpha value is -1.93. The molecule has 1 aliphatic rings. The van der Waals surface area contributed by atoms with Gasteiger partial charge in [-0.2, -0.15) is 4.31 Å². The van der Waals surface area contributed by atoms with E-state index < -0.39 is 10.0 Å². The van der Waals surface area contributed by atoms with Gasteiger partial charge in [0.1, 0.15) is 5.82 Å². The number of sulfonamides is 1. The smallest absolute Gasteiger partial charge is 0.243 e. The van der Waals surface area contributed by atoms with E-state index >= 15 is 0 Å². The number of rotatable bonds is 9. The number of imidazole rings is 1. The molecule has 0 spiro atoms. The van der Waals surface area contributed by atoms with Gasteiger partial charge in [0.2, 0.25) is 15.9 Å². The molecule has 2 heterocycles. The molecule has 7 nitrogen and oxygen atoms in total. The van der Waals surface area contributed by atoms with Gasteiger partial charge in [0.25, 0.3) is 0 Å². The summed E-state index contributed by atoms with van der Waals surface area (Å²) >= 11 is 0. The molecule has 0 radical (unpaired) electrons. The molecule has 0 aliphatic carbocycles. The van der Waals surface area contributed by atoms with Gasteiger partial charge in [0.15, 0.2) is 0 Å². The number of fused-ring (bicyclic) bond motifs is 1. The second kappa shape index (κ2) is 9.26. The predicted molar refractivity (Wildman–Crippen MR) is 114 cm³/mol. The largest absolute Gasteiger partial charge is 0.356 e. The summed E-state index contributed by atoms with van der Waals surface area (Å²) < 4.78 is 29.4. The average Bonchev–Trinajstić information content (AvgIpc) is 3.33. The van der Waals surface area contributed by atoms with Crippen molar-refractivity contribution in [2.45, 2.75) is 64.3 Å². The second-order valence-electron chi connectivity index (χ2n) is 8.14. The van der Waals surface area contributed by atoms with Crippen LogP contribution in [0.2, 0.25) is 0 Å². The van der Waals surface area contributed by atoms with Gasteiger partial charge in [-0.3, -0.25) is 4.79 Å². The minimum atomic E-state index is -3.47. The number of benzene rings is 1. The zero-order chi connectivity index (χ0) is 21.0. The predicted octanol–water partition coefficient (Wildman–Crippen LogP) is 2.94. The van der Waals surface area contributed by atoms with Gasteiger partial charge in [-0.1, -0.05) is 20.8 Å². The first kappa shape index (κ1) is 21.8. The van der Waals surface area contributed by atoms with Crippen molar-refractivity contribution >= 4 is 27.0 Å². The van der Waals surface area contributed by atoms with E-state index in [9.17, 15) is 13.2 Å². The molecule has 1 aromatic heterocycles. The Balaban J connectivity index is 1.84. The summed E-state index contributed by atoms with van der Waals surface area (Å²) in [5.74, 6) is 1.27. The van der Waals surface area contributed by atoms with Gasteiger partial charge in [0, 0.05) is 39.0 Å². The number of carbonyl (C=O) groups excluding carboxylic acids is 1. The molecule has 160 valence electrons. The fourth-order valence-electron chi connectivity index (χ4n) is 3.69. The van der Waals surface area contributed by atoms with Crippen molar-refractivity contribution < 1.29 is 13.2 Å². The Kier molecular flexibility index (Phi) is 6.95. The van der Waals surface area contributed by atoms with Crippen molar-refractivity contribution in [2.24, 2.45) is 5.92 Å². The average molecular weight is 421 g/mol. The molecule has 3 rings (SSSR count). The number of aryl methyl sites for hydroxylation is 2. The van der Waals surface area contributed by atoms with E-state index in [1.165, 1.54) is 0 Å². The quantitative estimate of drug-likeness (QED) is 0.676. The third-order valence-electron chi connectivity index (χ3n) is 5.23. The summed E-state index contributed by atoms with van der Waals surface area (Å²) in [7, 11) is -3.47. The highest BCUT2D eigenvalue weighted by Gasteiger charge is 2.27. The van der Waals surface area contributed by atoms with E-state index in [2.05, 4.69) is 30.7 Å². The molecule has 0 bridgehead atoms. The lowest BCUT2D eigenvalue weighted by atomic mass is 10.2. The number of amides is 1. The third kappa shape index (κ3) is 4.98. The number of nitrogens with one attached hydrogen (secondary N) is 1. The molecule has 1 saturated heterocycles. The molecule has 1 N–H and O–H groups in total. The number of hydrogen-bond acceptors (Lipinski definition) is 4. The van der Waals surface area contributed by atoms with Crippen molar-refractivity contribution in [2.75, 3.05) is 19.6 Å². The molecule has 0 saturated carbocycles. The van der Waals surface area contributed by atoms with Gasteiger partial charge >= 0.3 is 0 Å². The van der Waals surface area contributed by atoms with Crippen LogP contribution in [0.1, 0.15) is 52.3 Å². The molecular formula is C21H32N4O3S. The minimum absolute atomic E-state index is 0.0195. The van der Waals surface area contributed by atoms with Gasteiger partial charge in [-0.05, 0) is 43.4 Å². The summed E-state index contributed by atoms with van der Waals surface area (Å²) in [4.78, 5) is 17.1. The first-order chi connectivity index (χ1) is 13.8. The highest BCUT2D eigenvalue weighted by atomic mass is 32.2. The number of nitrogens with zero attached hydrogens (tertiary/aromatic N) is 3. The first-order valence-corrected chi connectivity index (χ1v) is 12.0. The molecule has 2 aromatic rings. The summed E-state index contributed by atoms with van der Waals surface area (Å²) in [6, 6.07) is 5.21. The van der Waals surface area contributed by atoms with Gasteiger partial charge in [-0.25, -0.2) is 13.4 Å². The van der Waals surface area contributed by atoms with Gasteiger partial charge in [0.05, 0.1) is 15.9 Å². The Morgan fingerprint density at radius 2 is 1.97 bits per heavy atom. The Bertz CT molecular complexity index is 960. The van der Waals surface area contributed by atoms with Crippen LogP contribution >= 0.6 is 0 Å². The molecule has 8 heteroatoms. The Labute approximate surface area is 173 Å². The SMILES string of the molecule is CCCn1c(CCC(=O)NCC(C)C)nc2cc(S(=O)(=O)N3CCCC3)ccc21. The van der Waals surface area contributed by atoms with Crippen molar-refractivity contribution in [1.82, 2.24) is 19.2 Å². The highest BCUT2D eigenvalue weighted by Crippen LogP contribution is 2.25. The fourth-order valence-corrected chi connectivity index (χ4v) is 5.23. The molecule has 0 atom stereocenters. The van der Waals surface area contributed by atoms with Crippen molar-refractivity contribution in [3.63, 3.8) is 0 Å². The van der Waals surface area contributed by atoms with E-state index in [1.807, 2.05) is 6.07 Å². The van der Waals surface area contributed by atoms with Crippen LogP contribution in [-0.4, -0.2) is 47.8 Å². The molecule has 1 aromatic carbocycles. The Morgan fingerprint density at radius 3 is 2.62 bits per heavy atom. The highest BCUT2D eigenvalue weighted by molar-refractivity contribution is 7.89. The lowest BCUT2D eigenvalue weighted by Crippen LogP contribution is -2.27. The van der Waals surface area contributed by atoms with Gasteiger partial charge in [-0.15, -0.1) is 0 Å². The number of aromatic nitrogens is 2. The lowest BCUT2D eigenvalue weighted by molar-refractivity contribution is -0.121. The standard InChI is InChI=1S/C21H32N4O3S/c1-4-11-25-19-8-7-17(29(27,28)24-12-5-6-13-24)14-18(19)23-20(25)9-10-21(26)22-15-16(2)3/h7-8,14,16H,4-6,9-13,15H2,1-3H3,(H,22,26).